The van der Waals surface area contributed by atoms with Gasteiger partial charge in [-0.25, -0.2) is 13.4 Å². The SMILES string of the molecule is CN(C1CCCCC1)S(=O)(=O)c1ccc(S[C@H](C(=O)N2CCOCC2)c2ccccc2)nc1. The van der Waals surface area contributed by atoms with Crippen molar-refractivity contribution < 1.29 is 17.9 Å². The monoisotopic (exact) mass is 489 g/mol. The van der Waals surface area contributed by atoms with E-state index in [9.17, 15) is 13.2 Å². The Kier molecular flexibility index (Phi) is 8.06. The molecule has 1 amide bonds. The van der Waals surface area contributed by atoms with Gasteiger partial charge in [-0.15, -0.1) is 0 Å². The van der Waals surface area contributed by atoms with Gasteiger partial charge in [0.15, 0.2) is 0 Å². The summed E-state index contributed by atoms with van der Waals surface area (Å²) >= 11 is 1.35. The Hall–Kier alpha value is -1.94. The third-order valence-corrected chi connectivity index (χ3v) is 9.45. The van der Waals surface area contributed by atoms with Crippen molar-refractivity contribution in [2.24, 2.45) is 0 Å². The molecule has 1 aliphatic carbocycles. The first-order valence-electron chi connectivity index (χ1n) is 11.5. The van der Waals surface area contributed by atoms with Crippen LogP contribution in [-0.2, 0) is 19.6 Å². The summed E-state index contributed by atoms with van der Waals surface area (Å²) in [6.45, 7) is 2.22. The van der Waals surface area contributed by atoms with Crippen LogP contribution < -0.4 is 0 Å². The molecule has 7 nitrogen and oxygen atoms in total. The van der Waals surface area contributed by atoms with Gasteiger partial charge in [0.05, 0.1) is 18.2 Å². The molecule has 0 N–H and O–H groups in total. The maximum atomic E-state index is 13.3. The van der Waals surface area contributed by atoms with E-state index in [2.05, 4.69) is 4.98 Å². The van der Waals surface area contributed by atoms with E-state index >= 15 is 0 Å². The number of sulfonamides is 1. The largest absolute Gasteiger partial charge is 0.378 e. The van der Waals surface area contributed by atoms with Crippen molar-refractivity contribution >= 4 is 27.7 Å². The van der Waals surface area contributed by atoms with Crippen molar-refractivity contribution in [3.8, 4) is 0 Å². The van der Waals surface area contributed by atoms with Crippen molar-refractivity contribution in [2.45, 2.75) is 53.3 Å². The summed E-state index contributed by atoms with van der Waals surface area (Å²) in [4.78, 5) is 19.8. The summed E-state index contributed by atoms with van der Waals surface area (Å²) in [6, 6.07) is 13.0. The Balaban J connectivity index is 1.52. The van der Waals surface area contributed by atoms with Crippen molar-refractivity contribution in [3.05, 3.63) is 54.2 Å². The first-order valence-corrected chi connectivity index (χ1v) is 13.8. The number of hydrogen-bond acceptors (Lipinski definition) is 6. The molecule has 0 radical (unpaired) electrons. The van der Waals surface area contributed by atoms with Crippen LogP contribution in [0.15, 0.2) is 58.6 Å². The van der Waals surface area contributed by atoms with Gasteiger partial charge in [-0.2, -0.15) is 4.31 Å². The van der Waals surface area contributed by atoms with Crippen molar-refractivity contribution in [1.82, 2.24) is 14.2 Å². The van der Waals surface area contributed by atoms with Crippen LogP contribution in [0, 0.1) is 0 Å². The fraction of sp³-hybridized carbons (Fsp3) is 0.500. The number of thioether (sulfide) groups is 1. The average molecular weight is 490 g/mol. The highest BCUT2D eigenvalue weighted by Crippen LogP contribution is 2.36. The van der Waals surface area contributed by atoms with Gasteiger partial charge < -0.3 is 9.64 Å². The lowest BCUT2D eigenvalue weighted by atomic mass is 9.96. The number of nitrogens with zero attached hydrogens (tertiary/aromatic N) is 3. The fourth-order valence-electron chi connectivity index (χ4n) is 4.36. The van der Waals surface area contributed by atoms with Gasteiger partial charge in [0.2, 0.25) is 15.9 Å². The molecule has 2 heterocycles. The molecule has 0 bridgehead atoms. The minimum Gasteiger partial charge on any atom is -0.378 e. The fourth-order valence-corrected chi connectivity index (χ4v) is 6.76. The molecule has 1 aromatic heterocycles. The zero-order valence-corrected chi connectivity index (χ0v) is 20.6. The van der Waals surface area contributed by atoms with Crippen LogP contribution in [0.3, 0.4) is 0 Å². The molecule has 1 aromatic carbocycles. The predicted molar refractivity (Wildman–Crippen MR) is 128 cm³/mol. The van der Waals surface area contributed by atoms with Crippen LogP contribution in [0.25, 0.3) is 0 Å². The van der Waals surface area contributed by atoms with Crippen molar-refractivity contribution in [1.29, 1.82) is 0 Å². The Bertz CT molecular complexity index is 1020. The molecule has 178 valence electrons. The minimum atomic E-state index is -3.60. The highest BCUT2D eigenvalue weighted by atomic mass is 32.2. The van der Waals surface area contributed by atoms with E-state index in [4.69, 9.17) is 4.74 Å². The average Bonchev–Trinajstić information content (AvgIpc) is 2.88. The van der Waals surface area contributed by atoms with Crippen LogP contribution in [0.1, 0.15) is 42.9 Å². The van der Waals surface area contributed by atoms with Gasteiger partial charge in [0.25, 0.3) is 0 Å². The molecule has 33 heavy (non-hydrogen) atoms. The third-order valence-electron chi connectivity index (χ3n) is 6.36. The van der Waals surface area contributed by atoms with Crippen molar-refractivity contribution in [2.75, 3.05) is 33.4 Å². The lowest BCUT2D eigenvalue weighted by molar-refractivity contribution is -0.134. The highest BCUT2D eigenvalue weighted by Gasteiger charge is 2.31. The van der Waals surface area contributed by atoms with Gasteiger partial charge in [0, 0.05) is 32.4 Å². The maximum absolute atomic E-state index is 13.3. The Morgan fingerprint density at radius 3 is 2.42 bits per heavy atom. The lowest BCUT2D eigenvalue weighted by Gasteiger charge is -2.30. The molecular weight excluding hydrogens is 458 g/mol. The Labute approximate surface area is 200 Å². The van der Waals surface area contributed by atoms with E-state index in [1.807, 2.05) is 35.2 Å². The molecule has 1 saturated heterocycles. The van der Waals surface area contributed by atoms with E-state index in [1.54, 1.807) is 19.2 Å². The number of pyridine rings is 1. The van der Waals surface area contributed by atoms with Crippen LogP contribution >= 0.6 is 11.8 Å². The Morgan fingerprint density at radius 2 is 1.79 bits per heavy atom. The number of carbonyl (C=O) groups excluding carboxylic acids is 1. The molecular formula is C24H31N3O4S2. The van der Waals surface area contributed by atoms with Gasteiger partial charge in [-0.1, -0.05) is 61.4 Å². The van der Waals surface area contributed by atoms with Gasteiger partial charge in [-0.05, 0) is 30.5 Å². The van der Waals surface area contributed by atoms with Crippen LogP contribution in [0.5, 0.6) is 0 Å². The molecule has 0 spiro atoms. The molecule has 2 aromatic rings. The first-order chi connectivity index (χ1) is 16.0. The maximum Gasteiger partial charge on any atom is 0.244 e. The molecule has 2 aliphatic rings. The highest BCUT2D eigenvalue weighted by molar-refractivity contribution is 8.00. The first kappa shape index (κ1) is 24.2. The lowest BCUT2D eigenvalue weighted by Crippen LogP contribution is -2.42. The zero-order valence-electron chi connectivity index (χ0n) is 18.9. The third kappa shape index (κ3) is 5.77. The standard InChI is InChI=1S/C24H31N3O4S2/c1-26(20-10-6-3-7-11-20)33(29,30)21-12-13-22(25-18-21)32-23(19-8-4-2-5-9-19)24(28)27-14-16-31-17-15-27/h2,4-5,8-9,12-13,18,20,23H,3,6-7,10-11,14-17H2,1H3/t23-/m0/s1. The number of morpholine rings is 1. The number of rotatable bonds is 7. The Morgan fingerprint density at radius 1 is 1.09 bits per heavy atom. The number of aromatic nitrogens is 1. The molecule has 1 atom stereocenters. The zero-order chi connectivity index (χ0) is 23.3. The summed E-state index contributed by atoms with van der Waals surface area (Å²) < 4.78 is 33.1. The number of ether oxygens (including phenoxy) is 1. The minimum absolute atomic E-state index is 0.0185. The van der Waals surface area contributed by atoms with Gasteiger partial charge in [-0.3, -0.25) is 4.79 Å². The van der Waals surface area contributed by atoms with E-state index in [0.717, 1.165) is 31.2 Å². The normalized spacial score (nSPS) is 18.9. The molecule has 0 unspecified atom stereocenters. The predicted octanol–water partition coefficient (Wildman–Crippen LogP) is 3.73. The number of benzene rings is 1. The summed E-state index contributed by atoms with van der Waals surface area (Å²) in [5.74, 6) is 0.0185. The molecule has 2 fully saturated rings. The summed E-state index contributed by atoms with van der Waals surface area (Å²) in [5, 5.41) is 0.161. The molecule has 1 saturated carbocycles. The summed E-state index contributed by atoms with van der Waals surface area (Å²) in [6.07, 6.45) is 6.52. The summed E-state index contributed by atoms with van der Waals surface area (Å²) in [7, 11) is -1.93. The van der Waals surface area contributed by atoms with Crippen LogP contribution in [0.2, 0.25) is 0 Å². The second kappa shape index (κ2) is 11.0. The number of amides is 1. The van der Waals surface area contributed by atoms with Crippen LogP contribution in [0.4, 0.5) is 0 Å². The number of hydrogen-bond donors (Lipinski definition) is 0. The van der Waals surface area contributed by atoms with Gasteiger partial charge >= 0.3 is 0 Å². The quantitative estimate of drug-likeness (QED) is 0.552. The molecule has 9 heteroatoms. The van der Waals surface area contributed by atoms with E-state index in [-0.39, 0.29) is 16.8 Å². The van der Waals surface area contributed by atoms with Gasteiger partial charge in [0.1, 0.15) is 10.1 Å². The smallest absolute Gasteiger partial charge is 0.244 e. The topological polar surface area (TPSA) is 79.8 Å². The van der Waals surface area contributed by atoms with Crippen LogP contribution in [-0.4, -0.2) is 67.9 Å². The van der Waals surface area contributed by atoms with E-state index < -0.39 is 15.3 Å². The summed E-state index contributed by atoms with van der Waals surface area (Å²) in [5.41, 5.74) is 0.898. The van der Waals surface area contributed by atoms with Crippen molar-refractivity contribution in [3.63, 3.8) is 0 Å². The second-order valence-electron chi connectivity index (χ2n) is 8.49. The molecule has 4 rings (SSSR count). The second-order valence-corrected chi connectivity index (χ2v) is 11.6. The molecule has 1 aliphatic heterocycles. The van der Waals surface area contributed by atoms with E-state index in [0.29, 0.717) is 31.3 Å². The number of carbonyl (C=O) groups is 1. The van der Waals surface area contributed by atoms with E-state index in [1.165, 1.54) is 28.7 Å².